The van der Waals surface area contributed by atoms with Crippen molar-refractivity contribution in [2.75, 3.05) is 0 Å². The van der Waals surface area contributed by atoms with Crippen LogP contribution in [0.3, 0.4) is 0 Å². The molecule has 1 rings (SSSR count). The van der Waals surface area contributed by atoms with Gasteiger partial charge in [0.1, 0.15) is 0 Å². The molecule has 0 saturated heterocycles. The van der Waals surface area contributed by atoms with Gasteiger partial charge in [-0.25, -0.2) is 0 Å². The number of nitrogens with zero attached hydrogens (tertiary/aromatic N) is 1. The quantitative estimate of drug-likeness (QED) is 0.466. The predicted octanol–water partition coefficient (Wildman–Crippen LogP) is 4.01. The maximum absolute atomic E-state index is 10.9. The Hall–Kier alpha value is -0.900. The first-order valence-corrected chi connectivity index (χ1v) is 6.34. The van der Waals surface area contributed by atoms with Gasteiger partial charge in [0, 0.05) is 16.5 Å². The number of aryl methyl sites for hydroxylation is 1. The molecule has 0 aliphatic rings. The number of rotatable bonds is 5. The fraction of sp³-hybridized carbons (Fsp3) is 0.500. The molecule has 0 N–H and O–H groups in total. The molecule has 0 amide bonds. The number of hydrogen-bond donors (Lipinski definition) is 0. The Labute approximate surface area is 104 Å². The van der Waals surface area contributed by atoms with Gasteiger partial charge in [-0.1, -0.05) is 41.4 Å². The lowest BCUT2D eigenvalue weighted by Gasteiger charge is -2.11. The molecule has 1 atom stereocenters. The number of benzene rings is 1. The van der Waals surface area contributed by atoms with Crippen molar-refractivity contribution in [3.63, 3.8) is 0 Å². The largest absolute Gasteiger partial charge is 0.272 e. The summed E-state index contributed by atoms with van der Waals surface area (Å²) in [5.41, 5.74) is 2.08. The minimum Gasteiger partial charge on any atom is -0.258 e. The van der Waals surface area contributed by atoms with E-state index in [1.165, 1.54) is 0 Å². The standard InChI is InChI=1S/C12H16BrNO2/c1-3-5-10(13)8-11-9(2)6-4-7-12(11)14(15)16/h4,6-7,10H,3,5,8H2,1-2H3. The summed E-state index contributed by atoms with van der Waals surface area (Å²) in [7, 11) is 0. The summed E-state index contributed by atoms with van der Waals surface area (Å²) in [5.74, 6) is 0. The van der Waals surface area contributed by atoms with E-state index in [-0.39, 0.29) is 10.6 Å². The van der Waals surface area contributed by atoms with Crippen molar-refractivity contribution in [3.8, 4) is 0 Å². The summed E-state index contributed by atoms with van der Waals surface area (Å²) in [6.07, 6.45) is 2.83. The molecule has 0 saturated carbocycles. The average Bonchev–Trinajstić information content (AvgIpc) is 2.21. The van der Waals surface area contributed by atoms with Crippen molar-refractivity contribution in [1.29, 1.82) is 0 Å². The van der Waals surface area contributed by atoms with Crippen LogP contribution in [0.15, 0.2) is 18.2 Å². The Balaban J connectivity index is 2.97. The zero-order valence-electron chi connectivity index (χ0n) is 9.57. The van der Waals surface area contributed by atoms with E-state index in [1.54, 1.807) is 12.1 Å². The third-order valence-electron chi connectivity index (χ3n) is 2.61. The van der Waals surface area contributed by atoms with Crippen molar-refractivity contribution in [3.05, 3.63) is 39.4 Å². The summed E-state index contributed by atoms with van der Waals surface area (Å²) in [4.78, 5) is 10.9. The van der Waals surface area contributed by atoms with E-state index in [0.29, 0.717) is 4.83 Å². The molecule has 1 aromatic carbocycles. The van der Waals surface area contributed by atoms with Gasteiger partial charge in [0.2, 0.25) is 0 Å². The molecule has 88 valence electrons. The second-order valence-corrected chi connectivity index (χ2v) is 5.21. The van der Waals surface area contributed by atoms with Gasteiger partial charge in [0.15, 0.2) is 0 Å². The zero-order chi connectivity index (χ0) is 12.1. The Kier molecular flexibility index (Phi) is 4.93. The van der Waals surface area contributed by atoms with Crippen LogP contribution >= 0.6 is 15.9 Å². The minimum absolute atomic E-state index is 0.237. The van der Waals surface area contributed by atoms with Crippen molar-refractivity contribution in [1.82, 2.24) is 0 Å². The smallest absolute Gasteiger partial charge is 0.258 e. The minimum atomic E-state index is -0.298. The van der Waals surface area contributed by atoms with Crippen molar-refractivity contribution >= 4 is 21.6 Å². The molecule has 0 heterocycles. The highest BCUT2D eigenvalue weighted by molar-refractivity contribution is 9.09. The van der Waals surface area contributed by atoms with Crippen LogP contribution < -0.4 is 0 Å². The average molecular weight is 286 g/mol. The number of alkyl halides is 1. The van der Waals surface area contributed by atoms with E-state index in [1.807, 2.05) is 13.0 Å². The number of hydrogen-bond acceptors (Lipinski definition) is 2. The van der Waals surface area contributed by atoms with Crippen LogP contribution in [0.4, 0.5) is 5.69 Å². The highest BCUT2D eigenvalue weighted by Gasteiger charge is 2.17. The van der Waals surface area contributed by atoms with Crippen LogP contribution in [-0.4, -0.2) is 9.75 Å². The fourth-order valence-corrected chi connectivity index (χ4v) is 2.54. The second-order valence-electron chi connectivity index (χ2n) is 3.92. The van der Waals surface area contributed by atoms with Crippen LogP contribution in [-0.2, 0) is 6.42 Å². The Morgan fingerprint density at radius 3 is 2.75 bits per heavy atom. The van der Waals surface area contributed by atoms with Gasteiger partial charge in [-0.15, -0.1) is 0 Å². The van der Waals surface area contributed by atoms with Gasteiger partial charge in [-0.05, 0) is 25.3 Å². The topological polar surface area (TPSA) is 43.1 Å². The molecule has 0 aliphatic heterocycles. The third-order valence-corrected chi connectivity index (χ3v) is 3.39. The molecular formula is C12H16BrNO2. The number of nitro benzene ring substituents is 1. The SMILES string of the molecule is CCCC(Br)Cc1c(C)cccc1[N+](=O)[O-]. The molecule has 0 aliphatic carbocycles. The zero-order valence-corrected chi connectivity index (χ0v) is 11.2. The molecule has 3 nitrogen and oxygen atoms in total. The lowest BCUT2D eigenvalue weighted by atomic mass is 10.0. The Morgan fingerprint density at radius 2 is 2.19 bits per heavy atom. The molecule has 0 bridgehead atoms. The van der Waals surface area contributed by atoms with Gasteiger partial charge in [-0.2, -0.15) is 0 Å². The summed E-state index contributed by atoms with van der Waals surface area (Å²) in [6.45, 7) is 4.04. The second kappa shape index (κ2) is 5.99. The molecule has 16 heavy (non-hydrogen) atoms. The van der Waals surface area contributed by atoms with Crippen LogP contribution in [0, 0.1) is 17.0 Å². The van der Waals surface area contributed by atoms with Crippen molar-refractivity contribution in [2.24, 2.45) is 0 Å². The molecule has 1 aromatic rings. The van der Waals surface area contributed by atoms with Crippen molar-refractivity contribution < 1.29 is 4.92 Å². The van der Waals surface area contributed by atoms with Gasteiger partial charge < -0.3 is 0 Å². The van der Waals surface area contributed by atoms with Gasteiger partial charge in [-0.3, -0.25) is 10.1 Å². The highest BCUT2D eigenvalue weighted by Crippen LogP contribution is 2.26. The molecule has 0 fully saturated rings. The first kappa shape index (κ1) is 13.2. The van der Waals surface area contributed by atoms with E-state index in [9.17, 15) is 10.1 Å². The summed E-state index contributed by atoms with van der Waals surface area (Å²) < 4.78 is 0. The highest BCUT2D eigenvalue weighted by atomic mass is 79.9. The first-order valence-electron chi connectivity index (χ1n) is 5.43. The lowest BCUT2D eigenvalue weighted by Crippen LogP contribution is -2.06. The lowest BCUT2D eigenvalue weighted by molar-refractivity contribution is -0.385. The summed E-state index contributed by atoms with van der Waals surface area (Å²) in [6, 6.07) is 5.24. The molecule has 0 spiro atoms. The first-order chi connectivity index (χ1) is 7.56. The van der Waals surface area contributed by atoms with Crippen LogP contribution in [0.2, 0.25) is 0 Å². The van der Waals surface area contributed by atoms with Crippen LogP contribution in [0.1, 0.15) is 30.9 Å². The number of nitro groups is 1. The third kappa shape index (κ3) is 3.30. The van der Waals surface area contributed by atoms with E-state index in [2.05, 4.69) is 22.9 Å². The van der Waals surface area contributed by atoms with Gasteiger partial charge in [0.05, 0.1) is 4.92 Å². The van der Waals surface area contributed by atoms with Crippen molar-refractivity contribution in [2.45, 2.75) is 37.9 Å². The summed E-state index contributed by atoms with van der Waals surface area (Å²) >= 11 is 3.57. The molecule has 1 unspecified atom stereocenters. The normalized spacial score (nSPS) is 12.4. The molecular weight excluding hydrogens is 270 g/mol. The van der Waals surface area contributed by atoms with E-state index < -0.39 is 0 Å². The predicted molar refractivity (Wildman–Crippen MR) is 69.2 cm³/mol. The van der Waals surface area contributed by atoms with E-state index in [0.717, 1.165) is 30.4 Å². The van der Waals surface area contributed by atoms with Gasteiger partial charge in [0.25, 0.3) is 5.69 Å². The Bertz CT molecular complexity index is 379. The monoisotopic (exact) mass is 285 g/mol. The van der Waals surface area contributed by atoms with Gasteiger partial charge >= 0.3 is 0 Å². The maximum Gasteiger partial charge on any atom is 0.272 e. The van der Waals surface area contributed by atoms with E-state index >= 15 is 0 Å². The molecule has 0 radical (unpaired) electrons. The number of halogens is 1. The maximum atomic E-state index is 10.9. The molecule has 0 aromatic heterocycles. The van der Waals surface area contributed by atoms with E-state index in [4.69, 9.17) is 0 Å². The van der Waals surface area contributed by atoms with Crippen LogP contribution in [0.5, 0.6) is 0 Å². The van der Waals surface area contributed by atoms with Crippen LogP contribution in [0.25, 0.3) is 0 Å². The summed E-state index contributed by atoms with van der Waals surface area (Å²) in [5, 5.41) is 10.9. The fourth-order valence-electron chi connectivity index (χ4n) is 1.76. The molecule has 4 heteroatoms. The Morgan fingerprint density at radius 1 is 1.50 bits per heavy atom.